The first-order valence-corrected chi connectivity index (χ1v) is 13.3. The predicted octanol–water partition coefficient (Wildman–Crippen LogP) is 4.25. The van der Waals surface area contributed by atoms with Gasteiger partial charge in [0.05, 0.1) is 12.9 Å². The van der Waals surface area contributed by atoms with Crippen molar-refractivity contribution in [3.8, 4) is 0 Å². The van der Waals surface area contributed by atoms with Gasteiger partial charge in [-0.05, 0) is 19.3 Å². The summed E-state index contributed by atoms with van der Waals surface area (Å²) < 4.78 is 27.2. The Balaban J connectivity index is 1.84. The highest BCUT2D eigenvalue weighted by atomic mass is 16.6. The molecule has 0 bridgehead atoms. The molecule has 4 N–H and O–H groups in total. The maximum atomic E-state index is 6.55. The highest BCUT2D eigenvalue weighted by Gasteiger charge is 2.48. The van der Waals surface area contributed by atoms with Crippen molar-refractivity contribution in [3.05, 3.63) is 6.33 Å². The lowest BCUT2D eigenvalue weighted by Gasteiger charge is -2.25. The quantitative estimate of drug-likeness (QED) is 0.311. The van der Waals surface area contributed by atoms with E-state index in [4.69, 9.17) is 30.4 Å². The average molecular weight is 493 g/mol. The molecule has 10 heteroatoms. The van der Waals surface area contributed by atoms with Crippen molar-refractivity contribution in [3.63, 3.8) is 0 Å². The molecular formula is C25H44N6O4. The van der Waals surface area contributed by atoms with Crippen LogP contribution >= 0.6 is 0 Å². The monoisotopic (exact) mass is 492 g/mol. The third-order valence-corrected chi connectivity index (χ3v) is 6.32. The van der Waals surface area contributed by atoms with Crippen LogP contribution in [0.5, 0.6) is 0 Å². The zero-order valence-corrected chi connectivity index (χ0v) is 21.7. The molecule has 3 heterocycles. The van der Waals surface area contributed by atoms with Gasteiger partial charge >= 0.3 is 0 Å². The van der Waals surface area contributed by atoms with E-state index >= 15 is 0 Å². The molecule has 4 atom stereocenters. The van der Waals surface area contributed by atoms with Crippen molar-refractivity contribution < 1.29 is 18.9 Å². The zero-order chi connectivity index (χ0) is 25.0. The number of fused-ring (bicyclic) bond motifs is 1. The van der Waals surface area contributed by atoms with Crippen molar-refractivity contribution in [2.45, 2.75) is 103 Å². The number of hydrogen-bond donors (Lipinski definition) is 2. The minimum absolute atomic E-state index is 0.0957. The van der Waals surface area contributed by atoms with E-state index in [-0.39, 0.29) is 30.1 Å². The number of hydrogen-bond acceptors (Lipinski definition) is 9. The van der Waals surface area contributed by atoms with Crippen LogP contribution in [0.2, 0.25) is 0 Å². The van der Waals surface area contributed by atoms with Gasteiger partial charge in [-0.2, -0.15) is 9.97 Å². The number of nitrogen functional groups attached to an aromatic ring is 2. The molecule has 3 rings (SSSR count). The molecule has 0 saturated carbocycles. The van der Waals surface area contributed by atoms with E-state index in [2.05, 4.69) is 35.7 Å². The Morgan fingerprint density at radius 2 is 1.49 bits per heavy atom. The summed E-state index contributed by atoms with van der Waals surface area (Å²) in [7, 11) is 0. The summed E-state index contributed by atoms with van der Waals surface area (Å²) in [6.07, 6.45) is 10.1. The van der Waals surface area contributed by atoms with Gasteiger partial charge in [0.15, 0.2) is 17.7 Å². The van der Waals surface area contributed by atoms with Gasteiger partial charge in [0, 0.05) is 19.8 Å². The molecule has 2 aromatic heterocycles. The van der Waals surface area contributed by atoms with Crippen LogP contribution in [0.15, 0.2) is 6.33 Å². The molecule has 0 aromatic carbocycles. The summed E-state index contributed by atoms with van der Waals surface area (Å²) in [6.45, 7) is 8.98. The van der Waals surface area contributed by atoms with E-state index in [1.54, 1.807) is 6.33 Å². The van der Waals surface area contributed by atoms with Crippen LogP contribution in [0.3, 0.4) is 0 Å². The molecule has 0 aliphatic carbocycles. The summed E-state index contributed by atoms with van der Waals surface area (Å²) in [5, 5.41) is 0. The Morgan fingerprint density at radius 1 is 0.857 bits per heavy atom. The molecule has 1 aliphatic rings. The maximum absolute atomic E-state index is 6.55. The summed E-state index contributed by atoms with van der Waals surface area (Å²) in [5.41, 5.74) is 13.0. The molecular weight excluding hydrogens is 448 g/mol. The molecule has 1 aliphatic heterocycles. The summed E-state index contributed by atoms with van der Waals surface area (Å²) >= 11 is 0. The number of nitrogens with two attached hydrogens (primary N) is 2. The number of rotatable bonds is 17. The first kappa shape index (κ1) is 27.6. The Labute approximate surface area is 209 Å². The van der Waals surface area contributed by atoms with Gasteiger partial charge in [-0.25, -0.2) is 4.98 Å². The highest BCUT2D eigenvalue weighted by molar-refractivity contribution is 5.82. The molecule has 0 unspecified atom stereocenters. The maximum Gasteiger partial charge on any atom is 0.224 e. The average Bonchev–Trinajstić information content (AvgIpc) is 3.41. The van der Waals surface area contributed by atoms with Crippen LogP contribution in [-0.4, -0.2) is 64.3 Å². The van der Waals surface area contributed by atoms with E-state index in [1.165, 1.54) is 0 Å². The number of ether oxygens (including phenoxy) is 4. The minimum atomic E-state index is -0.490. The molecule has 0 spiro atoms. The van der Waals surface area contributed by atoms with Crippen LogP contribution in [0, 0.1) is 0 Å². The molecule has 198 valence electrons. The summed E-state index contributed by atoms with van der Waals surface area (Å²) in [5.74, 6) is 0.339. The van der Waals surface area contributed by atoms with E-state index < -0.39 is 6.23 Å². The van der Waals surface area contributed by atoms with E-state index in [0.717, 1.165) is 57.8 Å². The zero-order valence-electron chi connectivity index (χ0n) is 21.7. The van der Waals surface area contributed by atoms with E-state index in [9.17, 15) is 0 Å². The third-order valence-electron chi connectivity index (χ3n) is 6.32. The molecule has 0 radical (unpaired) electrons. The SMILES string of the molecule is CCCCCOC[C@H]1O[C@@H](n2cnc3c(N)nc(N)nc32)[C@H](OCCCCC)[C@@H]1OCCCCC. The van der Waals surface area contributed by atoms with Crippen LogP contribution < -0.4 is 11.5 Å². The Kier molecular flexibility index (Phi) is 11.4. The second kappa shape index (κ2) is 14.5. The Morgan fingerprint density at radius 3 is 2.14 bits per heavy atom. The van der Waals surface area contributed by atoms with Gasteiger partial charge in [-0.1, -0.05) is 59.3 Å². The van der Waals surface area contributed by atoms with E-state index in [0.29, 0.717) is 37.6 Å². The molecule has 35 heavy (non-hydrogen) atoms. The van der Waals surface area contributed by atoms with Crippen molar-refractivity contribution >= 4 is 22.9 Å². The predicted molar refractivity (Wildman–Crippen MR) is 137 cm³/mol. The normalized spacial score (nSPS) is 22.4. The number of aromatic nitrogens is 4. The number of unbranched alkanes of at least 4 members (excludes halogenated alkanes) is 6. The van der Waals surface area contributed by atoms with Gasteiger partial charge in [0.2, 0.25) is 5.95 Å². The van der Waals surface area contributed by atoms with Gasteiger partial charge in [0.25, 0.3) is 0 Å². The first-order valence-electron chi connectivity index (χ1n) is 13.3. The lowest BCUT2D eigenvalue weighted by Crippen LogP contribution is -2.39. The van der Waals surface area contributed by atoms with Crippen LogP contribution in [-0.2, 0) is 18.9 Å². The largest absolute Gasteiger partial charge is 0.382 e. The second-order valence-corrected chi connectivity index (χ2v) is 9.22. The highest BCUT2D eigenvalue weighted by Crippen LogP contribution is 2.36. The van der Waals surface area contributed by atoms with Crippen molar-refractivity contribution in [1.82, 2.24) is 19.5 Å². The van der Waals surface area contributed by atoms with E-state index in [1.807, 2.05) is 4.57 Å². The summed E-state index contributed by atoms with van der Waals surface area (Å²) in [6, 6.07) is 0. The standard InChI is InChI=1S/C25H44N6O4/c1-4-7-10-13-32-16-18-20(33-14-11-8-5-2)21(34-15-12-9-6-3)24(35-18)31-17-28-19-22(26)29-25(27)30-23(19)31/h17-18,20-21,24H,4-16H2,1-3H3,(H4,26,27,29,30)/t18-,20-,21-,24-/m1/s1. The smallest absolute Gasteiger partial charge is 0.224 e. The van der Waals surface area contributed by atoms with Gasteiger partial charge in [0.1, 0.15) is 23.8 Å². The third kappa shape index (κ3) is 7.49. The first-order chi connectivity index (χ1) is 17.1. The van der Waals surface area contributed by atoms with Crippen molar-refractivity contribution in [2.75, 3.05) is 37.9 Å². The second-order valence-electron chi connectivity index (χ2n) is 9.22. The Bertz CT molecular complexity index is 879. The lowest BCUT2D eigenvalue weighted by molar-refractivity contribution is -0.0807. The number of nitrogens with zero attached hydrogens (tertiary/aromatic N) is 4. The molecule has 1 saturated heterocycles. The van der Waals surface area contributed by atoms with Crippen molar-refractivity contribution in [2.24, 2.45) is 0 Å². The van der Waals surface area contributed by atoms with Gasteiger partial charge in [-0.15, -0.1) is 0 Å². The minimum Gasteiger partial charge on any atom is -0.382 e. The molecule has 1 fully saturated rings. The van der Waals surface area contributed by atoms with Gasteiger partial charge < -0.3 is 30.4 Å². The molecule has 0 amide bonds. The fourth-order valence-corrected chi connectivity index (χ4v) is 4.38. The van der Waals surface area contributed by atoms with Gasteiger partial charge in [-0.3, -0.25) is 4.57 Å². The van der Waals surface area contributed by atoms with Crippen LogP contribution in [0.25, 0.3) is 11.2 Å². The number of imidazole rings is 1. The number of anilines is 2. The molecule has 2 aromatic rings. The van der Waals surface area contributed by atoms with Crippen molar-refractivity contribution in [1.29, 1.82) is 0 Å². The fraction of sp³-hybridized carbons (Fsp3) is 0.800. The van der Waals surface area contributed by atoms with Crippen LogP contribution in [0.1, 0.15) is 84.8 Å². The topological polar surface area (TPSA) is 133 Å². The lowest BCUT2D eigenvalue weighted by atomic mass is 10.1. The van der Waals surface area contributed by atoms with Crippen LogP contribution in [0.4, 0.5) is 11.8 Å². The summed E-state index contributed by atoms with van der Waals surface area (Å²) in [4.78, 5) is 12.9. The fourth-order valence-electron chi connectivity index (χ4n) is 4.38. The molecule has 10 nitrogen and oxygen atoms in total. The Hall–Kier alpha value is -2.01.